The number of rotatable bonds is 4. The summed E-state index contributed by atoms with van der Waals surface area (Å²) in [7, 11) is 1.76. The zero-order valence-electron chi connectivity index (χ0n) is 15.3. The van der Waals surface area contributed by atoms with Gasteiger partial charge in [0.25, 0.3) is 5.91 Å². The number of carbonyl (C=O) groups is 3. The van der Waals surface area contributed by atoms with Gasteiger partial charge in [-0.25, -0.2) is 0 Å². The molecule has 0 saturated carbocycles. The van der Waals surface area contributed by atoms with Gasteiger partial charge in [-0.2, -0.15) is 0 Å². The van der Waals surface area contributed by atoms with Crippen molar-refractivity contribution in [3.8, 4) is 0 Å². The highest BCUT2D eigenvalue weighted by molar-refractivity contribution is 6.06. The van der Waals surface area contributed by atoms with Gasteiger partial charge in [-0.05, 0) is 48.7 Å². The molecule has 1 aliphatic heterocycles. The molecule has 0 bridgehead atoms. The summed E-state index contributed by atoms with van der Waals surface area (Å²) in [5.74, 6) is -0.367. The van der Waals surface area contributed by atoms with Crippen molar-refractivity contribution in [3.05, 3.63) is 64.7 Å². The second-order valence-corrected chi connectivity index (χ2v) is 6.72. The molecule has 1 fully saturated rings. The Kier molecular flexibility index (Phi) is 4.89. The lowest BCUT2D eigenvalue weighted by molar-refractivity contribution is -0.139. The average molecular weight is 350 g/mol. The van der Waals surface area contributed by atoms with E-state index in [2.05, 4.69) is 0 Å². The molecule has 2 aromatic carbocycles. The molecule has 0 N–H and O–H groups in total. The fourth-order valence-electron chi connectivity index (χ4n) is 3.12. The van der Waals surface area contributed by atoms with Crippen LogP contribution in [-0.4, -0.2) is 29.7 Å². The third kappa shape index (κ3) is 3.52. The molecule has 0 spiro atoms. The van der Waals surface area contributed by atoms with Crippen LogP contribution in [-0.2, 0) is 16.1 Å². The predicted octanol–water partition coefficient (Wildman–Crippen LogP) is 3.23. The molecule has 0 atom stereocenters. The number of hydrogen-bond donors (Lipinski definition) is 0. The Morgan fingerprint density at radius 1 is 1.00 bits per heavy atom. The zero-order chi connectivity index (χ0) is 18.8. The molecule has 0 aromatic heterocycles. The van der Waals surface area contributed by atoms with Gasteiger partial charge >= 0.3 is 0 Å². The minimum absolute atomic E-state index is 0.0985. The van der Waals surface area contributed by atoms with Gasteiger partial charge in [0.1, 0.15) is 0 Å². The van der Waals surface area contributed by atoms with Crippen LogP contribution in [0.1, 0.15) is 39.9 Å². The quantitative estimate of drug-likeness (QED) is 0.796. The second-order valence-electron chi connectivity index (χ2n) is 6.72. The first-order chi connectivity index (χ1) is 12.4. The minimum atomic E-state index is -0.134. The Morgan fingerprint density at radius 2 is 1.62 bits per heavy atom. The number of carbonyl (C=O) groups excluding carboxylic acids is 3. The van der Waals surface area contributed by atoms with Crippen molar-refractivity contribution in [2.75, 3.05) is 11.9 Å². The zero-order valence-corrected chi connectivity index (χ0v) is 15.3. The molecule has 0 radical (unpaired) electrons. The van der Waals surface area contributed by atoms with Crippen molar-refractivity contribution in [1.29, 1.82) is 0 Å². The van der Waals surface area contributed by atoms with E-state index in [4.69, 9.17) is 0 Å². The van der Waals surface area contributed by atoms with Crippen molar-refractivity contribution < 1.29 is 14.4 Å². The topological polar surface area (TPSA) is 57.7 Å². The van der Waals surface area contributed by atoms with Gasteiger partial charge in [0.2, 0.25) is 11.8 Å². The van der Waals surface area contributed by atoms with Gasteiger partial charge in [-0.15, -0.1) is 0 Å². The van der Waals surface area contributed by atoms with Gasteiger partial charge in [0.15, 0.2) is 0 Å². The molecule has 1 aliphatic rings. The van der Waals surface area contributed by atoms with Gasteiger partial charge in [-0.3, -0.25) is 19.3 Å². The summed E-state index contributed by atoms with van der Waals surface area (Å²) in [5.41, 5.74) is 4.41. The van der Waals surface area contributed by atoms with Crippen molar-refractivity contribution in [2.24, 2.45) is 0 Å². The molecule has 5 nitrogen and oxygen atoms in total. The van der Waals surface area contributed by atoms with Gasteiger partial charge in [0, 0.05) is 31.1 Å². The molecule has 0 unspecified atom stereocenters. The highest BCUT2D eigenvalue weighted by Gasteiger charge is 2.28. The summed E-state index contributed by atoms with van der Waals surface area (Å²) >= 11 is 0. The molecule has 0 aliphatic carbocycles. The smallest absolute Gasteiger partial charge is 0.258 e. The number of nitrogens with zero attached hydrogens (tertiary/aromatic N) is 2. The molecular formula is C21H22N2O3. The number of hydrogen-bond acceptors (Lipinski definition) is 3. The monoisotopic (exact) mass is 350 g/mol. The van der Waals surface area contributed by atoms with Gasteiger partial charge < -0.3 is 4.90 Å². The summed E-state index contributed by atoms with van der Waals surface area (Å²) < 4.78 is 0. The number of anilines is 1. The van der Waals surface area contributed by atoms with Crippen molar-refractivity contribution in [3.63, 3.8) is 0 Å². The van der Waals surface area contributed by atoms with Crippen LogP contribution in [0.2, 0.25) is 0 Å². The fraction of sp³-hybridized carbons (Fsp3) is 0.286. The Labute approximate surface area is 153 Å². The van der Waals surface area contributed by atoms with E-state index in [1.807, 2.05) is 32.0 Å². The van der Waals surface area contributed by atoms with Crippen LogP contribution in [0.4, 0.5) is 5.69 Å². The molecule has 2 aromatic rings. The Bertz CT molecular complexity index is 855. The minimum Gasteiger partial charge on any atom is -0.311 e. The Morgan fingerprint density at radius 3 is 2.23 bits per heavy atom. The van der Waals surface area contributed by atoms with E-state index < -0.39 is 0 Å². The first-order valence-electron chi connectivity index (χ1n) is 8.64. The molecule has 1 heterocycles. The summed E-state index contributed by atoms with van der Waals surface area (Å²) in [6.07, 6.45) is 0.575. The van der Waals surface area contributed by atoms with Crippen molar-refractivity contribution >= 4 is 23.4 Å². The van der Waals surface area contributed by atoms with Gasteiger partial charge in [0.05, 0.1) is 6.54 Å². The maximum Gasteiger partial charge on any atom is 0.258 e. The number of amides is 3. The van der Waals surface area contributed by atoms with Crippen LogP contribution in [0.25, 0.3) is 0 Å². The fourth-order valence-corrected chi connectivity index (χ4v) is 3.12. The molecular weight excluding hydrogens is 328 g/mol. The highest BCUT2D eigenvalue weighted by atomic mass is 16.2. The van der Waals surface area contributed by atoms with Crippen molar-refractivity contribution in [2.45, 2.75) is 33.2 Å². The Hall–Kier alpha value is -2.95. The van der Waals surface area contributed by atoms with Gasteiger partial charge in [-0.1, -0.05) is 24.3 Å². The first-order valence-corrected chi connectivity index (χ1v) is 8.64. The standard InChI is InChI=1S/C21H22N2O3/c1-14-4-5-15(2)18(12-14)22(3)21(26)17-8-6-16(7-9-17)13-23-19(24)10-11-20(23)25/h4-9,12H,10-11,13H2,1-3H3. The summed E-state index contributed by atoms with van der Waals surface area (Å²) in [4.78, 5) is 39.1. The SMILES string of the molecule is Cc1ccc(C)c(N(C)C(=O)c2ccc(CN3C(=O)CCC3=O)cc2)c1. The molecule has 1 saturated heterocycles. The molecule has 3 amide bonds. The normalized spacial score (nSPS) is 14.0. The van der Waals surface area contributed by atoms with E-state index in [0.717, 1.165) is 22.4 Å². The van der Waals surface area contributed by atoms with E-state index in [0.29, 0.717) is 5.56 Å². The van der Waals surface area contributed by atoms with E-state index in [9.17, 15) is 14.4 Å². The van der Waals surface area contributed by atoms with E-state index in [-0.39, 0.29) is 37.1 Å². The second kappa shape index (κ2) is 7.12. The molecule has 3 rings (SSSR count). The van der Waals surface area contributed by atoms with E-state index in [1.165, 1.54) is 4.90 Å². The van der Waals surface area contributed by atoms with Crippen LogP contribution >= 0.6 is 0 Å². The third-order valence-electron chi connectivity index (χ3n) is 4.73. The molecule has 26 heavy (non-hydrogen) atoms. The average Bonchev–Trinajstić information content (AvgIpc) is 2.95. The number of aryl methyl sites for hydroxylation is 2. The predicted molar refractivity (Wildman–Crippen MR) is 99.9 cm³/mol. The summed E-state index contributed by atoms with van der Waals surface area (Å²) in [6, 6.07) is 13.1. The maximum atomic E-state index is 12.8. The summed E-state index contributed by atoms with van der Waals surface area (Å²) in [5, 5.41) is 0. The third-order valence-corrected chi connectivity index (χ3v) is 4.73. The first kappa shape index (κ1) is 17.9. The van der Waals surface area contributed by atoms with Crippen LogP contribution in [0.5, 0.6) is 0 Å². The number of imide groups is 1. The lowest BCUT2D eigenvalue weighted by Gasteiger charge is -2.20. The Balaban J connectivity index is 1.75. The van der Waals surface area contributed by atoms with Crippen LogP contribution in [0.15, 0.2) is 42.5 Å². The van der Waals surface area contributed by atoms with Crippen LogP contribution < -0.4 is 4.90 Å². The largest absolute Gasteiger partial charge is 0.311 e. The maximum absolute atomic E-state index is 12.8. The molecule has 134 valence electrons. The van der Waals surface area contributed by atoms with Crippen LogP contribution in [0.3, 0.4) is 0 Å². The van der Waals surface area contributed by atoms with Crippen molar-refractivity contribution in [1.82, 2.24) is 4.90 Å². The molecule has 5 heteroatoms. The lowest BCUT2D eigenvalue weighted by atomic mass is 10.1. The summed E-state index contributed by atoms with van der Waals surface area (Å²) in [6.45, 7) is 4.24. The van der Waals surface area contributed by atoms with E-state index >= 15 is 0 Å². The number of benzene rings is 2. The number of likely N-dealkylation sites (tertiary alicyclic amines) is 1. The lowest BCUT2D eigenvalue weighted by Crippen LogP contribution is -2.28. The van der Waals surface area contributed by atoms with E-state index in [1.54, 1.807) is 36.2 Å². The highest BCUT2D eigenvalue weighted by Crippen LogP contribution is 2.22. The van der Waals surface area contributed by atoms with Crippen LogP contribution in [0, 0.1) is 13.8 Å².